The molecule has 1 fully saturated rings. The topological polar surface area (TPSA) is 157 Å². The van der Waals surface area contributed by atoms with Crippen molar-refractivity contribution in [2.45, 2.75) is 57.8 Å². The number of nitrogens with one attached hydrogen (secondary N) is 2. The monoisotopic (exact) mass is 856 g/mol. The lowest BCUT2D eigenvalue weighted by Gasteiger charge is -2.22. The lowest BCUT2D eigenvalue weighted by atomic mass is 10.0. The number of hydrogen-bond donors (Lipinski definition) is 2. The van der Waals surface area contributed by atoms with Crippen molar-refractivity contribution in [3.05, 3.63) is 142 Å². The predicted molar refractivity (Wildman–Crippen MR) is 227 cm³/mol. The second kappa shape index (κ2) is 17.9. The molecule has 0 bridgehead atoms. The average molecular weight is 857 g/mol. The van der Waals surface area contributed by atoms with Gasteiger partial charge in [-0.1, -0.05) is 60.4 Å². The summed E-state index contributed by atoms with van der Waals surface area (Å²) in [6.07, 6.45) is 1.55. The number of nitrogens with zero attached hydrogens (tertiary/aromatic N) is 8. The van der Waals surface area contributed by atoms with Crippen LogP contribution in [-0.2, 0) is 19.1 Å². The molecule has 7 aromatic rings. The van der Waals surface area contributed by atoms with Gasteiger partial charge in [-0.3, -0.25) is 9.59 Å². The first-order valence-corrected chi connectivity index (χ1v) is 20.1. The van der Waals surface area contributed by atoms with Crippen LogP contribution < -0.4 is 20.5 Å². The number of benzene rings is 3. The van der Waals surface area contributed by atoms with Crippen LogP contribution in [-0.4, -0.2) is 65.8 Å². The quantitative estimate of drug-likeness (QED) is 0.0871. The van der Waals surface area contributed by atoms with Crippen molar-refractivity contribution in [3.63, 3.8) is 0 Å². The SMILES string of the molecule is COc1ncnc(C2CC2)c1-c1cc(N(CC#CCNC(=O)c2cc(Cc3n[nH]c(=O)c4ccccc34)ccc2F)Cc2ccc(-c3nc(C(F)(F)F)cn3C(C)C)cc2)ncn1. The lowest BCUT2D eigenvalue weighted by molar-refractivity contribution is -0.140. The minimum absolute atomic E-state index is 0.0993. The molecule has 0 unspecified atom stereocenters. The van der Waals surface area contributed by atoms with E-state index >= 15 is 0 Å². The molecule has 1 aliphatic rings. The molecule has 63 heavy (non-hydrogen) atoms. The van der Waals surface area contributed by atoms with Crippen LogP contribution in [0.5, 0.6) is 5.88 Å². The summed E-state index contributed by atoms with van der Waals surface area (Å²) in [5.41, 5.74) is 3.10. The normalized spacial score (nSPS) is 12.6. The Morgan fingerprint density at radius 1 is 0.968 bits per heavy atom. The molecule has 8 rings (SSSR count). The zero-order chi connectivity index (χ0) is 44.3. The number of halogens is 4. The predicted octanol–water partition coefficient (Wildman–Crippen LogP) is 7.69. The van der Waals surface area contributed by atoms with Crippen molar-refractivity contribution in [2.75, 3.05) is 25.1 Å². The Kier molecular flexibility index (Phi) is 12.0. The van der Waals surface area contributed by atoms with Gasteiger partial charge in [-0.2, -0.15) is 18.3 Å². The van der Waals surface area contributed by atoms with Crippen LogP contribution in [0.25, 0.3) is 33.4 Å². The number of carbonyl (C=O) groups excluding carboxylic acids is 1. The fourth-order valence-corrected chi connectivity index (χ4v) is 7.23. The molecule has 0 aliphatic heterocycles. The van der Waals surface area contributed by atoms with Gasteiger partial charge in [-0.25, -0.2) is 34.4 Å². The van der Waals surface area contributed by atoms with E-state index in [-0.39, 0.29) is 55.0 Å². The molecule has 17 heteroatoms. The van der Waals surface area contributed by atoms with Crippen molar-refractivity contribution in [1.82, 2.24) is 45.0 Å². The number of aromatic nitrogens is 8. The minimum Gasteiger partial charge on any atom is -0.480 e. The Hall–Kier alpha value is -7.48. The average Bonchev–Trinajstić information content (AvgIpc) is 4.03. The van der Waals surface area contributed by atoms with Gasteiger partial charge in [0.05, 0.1) is 53.8 Å². The summed E-state index contributed by atoms with van der Waals surface area (Å²) in [4.78, 5) is 49.3. The van der Waals surface area contributed by atoms with Gasteiger partial charge in [0.25, 0.3) is 11.5 Å². The van der Waals surface area contributed by atoms with E-state index in [1.165, 1.54) is 36.5 Å². The van der Waals surface area contributed by atoms with Crippen LogP contribution in [0.2, 0.25) is 0 Å². The lowest BCUT2D eigenvalue weighted by Crippen LogP contribution is -2.26. The molecule has 0 radical (unpaired) electrons. The van der Waals surface area contributed by atoms with Gasteiger partial charge in [-0.15, -0.1) is 0 Å². The number of alkyl halides is 3. The van der Waals surface area contributed by atoms with Crippen LogP contribution in [0.3, 0.4) is 0 Å². The maximum atomic E-state index is 15.0. The van der Waals surface area contributed by atoms with E-state index in [0.717, 1.165) is 30.3 Å². The molecule has 1 amide bonds. The summed E-state index contributed by atoms with van der Waals surface area (Å²) in [7, 11) is 1.53. The summed E-state index contributed by atoms with van der Waals surface area (Å²) in [5, 5.41) is 10.5. The van der Waals surface area contributed by atoms with Crippen molar-refractivity contribution in [2.24, 2.45) is 0 Å². The molecule has 4 aromatic heterocycles. The van der Waals surface area contributed by atoms with E-state index in [4.69, 9.17) is 4.74 Å². The Labute approximate surface area is 358 Å². The number of hydrogen-bond acceptors (Lipinski definition) is 10. The van der Waals surface area contributed by atoms with E-state index in [9.17, 15) is 27.2 Å². The summed E-state index contributed by atoms with van der Waals surface area (Å²) in [5.74, 6) is 6.01. The van der Waals surface area contributed by atoms with Crippen molar-refractivity contribution >= 4 is 22.5 Å². The number of H-pyrrole nitrogens is 1. The molecule has 3 aromatic carbocycles. The molecule has 320 valence electrons. The molecule has 0 saturated heterocycles. The third-order valence-electron chi connectivity index (χ3n) is 10.6. The Bertz CT molecular complexity index is 2930. The van der Waals surface area contributed by atoms with Gasteiger partial charge in [-0.05, 0) is 56.0 Å². The third-order valence-corrected chi connectivity index (χ3v) is 10.6. The molecular weight excluding hydrogens is 817 g/mol. The van der Waals surface area contributed by atoms with Crippen LogP contribution in [0.1, 0.15) is 77.2 Å². The number of methoxy groups -OCH3 is 1. The second-order valence-electron chi connectivity index (χ2n) is 15.3. The van der Waals surface area contributed by atoms with Crippen molar-refractivity contribution < 1.29 is 27.1 Å². The molecule has 0 atom stereocenters. The maximum Gasteiger partial charge on any atom is 0.434 e. The molecular formula is C46H40F4N10O3. The standard InChI is InChI=1S/C46H40F4N10O3/c1-27(2)60-24-38(46(48,49)50)56-42(60)31-13-10-28(11-14-31)23-59(39-22-37(52-25-53-39)40-41(30-15-16-30)54-26-55-45(40)63-3)19-7-6-18-51-43(61)34-20-29(12-17-35(34)47)21-36-32-8-4-5-9-33(32)44(62)58-57-36/h4-5,8-14,17,20,22,24-27,30H,15-16,18-19,21,23H2,1-3H3,(H,51,61)(H,58,62). The van der Waals surface area contributed by atoms with E-state index in [0.29, 0.717) is 50.5 Å². The third kappa shape index (κ3) is 9.39. The van der Waals surface area contributed by atoms with Gasteiger partial charge >= 0.3 is 6.18 Å². The second-order valence-corrected chi connectivity index (χ2v) is 15.3. The van der Waals surface area contributed by atoms with Crippen LogP contribution in [0, 0.1) is 17.7 Å². The number of fused-ring (bicyclic) bond motifs is 1. The Balaban J connectivity index is 1.02. The molecule has 1 aliphatic carbocycles. The number of carbonyl (C=O) groups is 1. The number of anilines is 1. The fourth-order valence-electron chi connectivity index (χ4n) is 7.23. The number of ether oxygens (including phenoxy) is 1. The Morgan fingerprint density at radius 2 is 1.71 bits per heavy atom. The van der Waals surface area contributed by atoms with Gasteiger partial charge in [0.1, 0.15) is 30.1 Å². The van der Waals surface area contributed by atoms with Crippen molar-refractivity contribution in [3.8, 4) is 40.4 Å². The van der Waals surface area contributed by atoms with E-state index in [1.54, 1.807) is 62.4 Å². The summed E-state index contributed by atoms with van der Waals surface area (Å²) in [6.45, 7) is 3.89. The highest BCUT2D eigenvalue weighted by molar-refractivity contribution is 5.95. The summed E-state index contributed by atoms with van der Waals surface area (Å²) >= 11 is 0. The first kappa shape index (κ1) is 42.2. The highest BCUT2D eigenvalue weighted by Crippen LogP contribution is 2.45. The minimum atomic E-state index is -4.59. The molecule has 2 N–H and O–H groups in total. The smallest absolute Gasteiger partial charge is 0.434 e. The summed E-state index contributed by atoms with van der Waals surface area (Å²) < 4.78 is 63.0. The number of rotatable bonds is 13. The highest BCUT2D eigenvalue weighted by atomic mass is 19.4. The van der Waals surface area contributed by atoms with Crippen LogP contribution in [0.15, 0.2) is 96.4 Å². The molecule has 0 spiro atoms. The molecule has 1 saturated carbocycles. The summed E-state index contributed by atoms with van der Waals surface area (Å²) in [6, 6.07) is 19.9. The zero-order valence-electron chi connectivity index (χ0n) is 34.4. The van der Waals surface area contributed by atoms with Crippen LogP contribution in [0.4, 0.5) is 23.4 Å². The highest BCUT2D eigenvalue weighted by Gasteiger charge is 2.35. The Morgan fingerprint density at radius 3 is 2.44 bits per heavy atom. The molecule has 13 nitrogen and oxygen atoms in total. The van der Waals surface area contributed by atoms with Gasteiger partial charge in [0.15, 0.2) is 5.69 Å². The maximum absolute atomic E-state index is 15.0. The zero-order valence-corrected chi connectivity index (χ0v) is 34.4. The first-order chi connectivity index (χ1) is 30.4. The van der Waals surface area contributed by atoms with Gasteiger partial charge < -0.3 is 19.5 Å². The van der Waals surface area contributed by atoms with Crippen molar-refractivity contribution in [1.29, 1.82) is 0 Å². The van der Waals surface area contributed by atoms with E-state index in [1.807, 2.05) is 17.0 Å². The van der Waals surface area contributed by atoms with Crippen LogP contribution >= 0.6 is 0 Å². The fraction of sp³-hybridized carbons (Fsp3) is 0.261. The number of aromatic amines is 1. The van der Waals surface area contributed by atoms with E-state index < -0.39 is 23.6 Å². The van der Waals surface area contributed by atoms with Gasteiger partial charge in [0, 0.05) is 48.1 Å². The number of imidazole rings is 1. The van der Waals surface area contributed by atoms with Gasteiger partial charge in [0.2, 0.25) is 5.88 Å². The first-order valence-electron chi connectivity index (χ1n) is 20.1. The van der Waals surface area contributed by atoms with E-state index in [2.05, 4.69) is 52.3 Å². The largest absolute Gasteiger partial charge is 0.480 e. The number of amides is 1. The molecule has 4 heterocycles.